The second-order valence-electron chi connectivity index (χ2n) is 8.31. The van der Waals surface area contributed by atoms with Gasteiger partial charge < -0.3 is 20.1 Å². The fourth-order valence-corrected chi connectivity index (χ4v) is 5.43. The first-order valence-electron chi connectivity index (χ1n) is 11.3. The molecule has 2 unspecified atom stereocenters. The zero-order chi connectivity index (χ0) is 21.1. The maximum absolute atomic E-state index is 5.89. The van der Waals surface area contributed by atoms with E-state index in [1.807, 2.05) is 6.07 Å². The molecule has 0 aliphatic carbocycles. The number of aliphatic imine (C=N–C) groups is 1. The highest BCUT2D eigenvalue weighted by Gasteiger charge is 2.40. The molecule has 2 heterocycles. The average molecular weight is 563 g/mol. The maximum Gasteiger partial charge on any atom is 0.191 e. The van der Waals surface area contributed by atoms with E-state index in [9.17, 15) is 0 Å². The Kier molecular flexibility index (Phi) is 12.5. The van der Waals surface area contributed by atoms with Crippen LogP contribution in [0.4, 0.5) is 0 Å². The van der Waals surface area contributed by atoms with Crippen molar-refractivity contribution in [3.63, 3.8) is 0 Å². The molecule has 1 aromatic carbocycles. The van der Waals surface area contributed by atoms with E-state index in [0.717, 1.165) is 58.5 Å². The molecule has 1 aromatic rings. The van der Waals surface area contributed by atoms with Gasteiger partial charge >= 0.3 is 0 Å². The van der Waals surface area contributed by atoms with Crippen LogP contribution in [0.5, 0.6) is 0 Å². The van der Waals surface area contributed by atoms with Crippen molar-refractivity contribution < 1.29 is 9.47 Å². The summed E-state index contributed by atoms with van der Waals surface area (Å²) in [6.07, 6.45) is 1.21. The summed E-state index contributed by atoms with van der Waals surface area (Å²) in [5.41, 5.74) is 1.40. The molecular formula is C23H39IN4O2S. The second kappa shape index (κ2) is 14.6. The number of benzene rings is 1. The highest BCUT2D eigenvalue weighted by Crippen LogP contribution is 2.34. The number of halogens is 1. The van der Waals surface area contributed by atoms with Crippen molar-refractivity contribution >= 4 is 41.7 Å². The minimum absolute atomic E-state index is 0. The minimum Gasteiger partial charge on any atom is -0.379 e. The highest BCUT2D eigenvalue weighted by molar-refractivity contribution is 14.0. The Morgan fingerprint density at radius 1 is 1.26 bits per heavy atom. The van der Waals surface area contributed by atoms with Crippen LogP contribution in [0.1, 0.15) is 25.8 Å². The van der Waals surface area contributed by atoms with E-state index >= 15 is 0 Å². The minimum atomic E-state index is 0. The van der Waals surface area contributed by atoms with Gasteiger partial charge in [0.15, 0.2) is 5.96 Å². The van der Waals surface area contributed by atoms with Crippen molar-refractivity contribution in [2.45, 2.75) is 32.4 Å². The van der Waals surface area contributed by atoms with Gasteiger partial charge in [-0.3, -0.25) is 9.89 Å². The number of rotatable bonds is 10. The lowest BCUT2D eigenvalue weighted by atomic mass is 9.96. The van der Waals surface area contributed by atoms with Gasteiger partial charge in [0.05, 0.1) is 38.5 Å². The van der Waals surface area contributed by atoms with E-state index in [0.29, 0.717) is 12.5 Å². The van der Waals surface area contributed by atoms with E-state index in [4.69, 9.17) is 14.5 Å². The zero-order valence-electron chi connectivity index (χ0n) is 19.0. The molecule has 8 heteroatoms. The molecule has 176 valence electrons. The van der Waals surface area contributed by atoms with E-state index in [1.54, 1.807) is 0 Å². The first-order chi connectivity index (χ1) is 14.7. The lowest BCUT2D eigenvalue weighted by Gasteiger charge is -2.42. The third kappa shape index (κ3) is 8.72. The third-order valence-corrected chi connectivity index (χ3v) is 7.01. The van der Waals surface area contributed by atoms with Crippen LogP contribution in [0.15, 0.2) is 35.3 Å². The maximum atomic E-state index is 5.89. The molecule has 2 atom stereocenters. The number of ether oxygens (including phenoxy) is 2. The molecule has 0 amide bonds. The van der Waals surface area contributed by atoms with Crippen LogP contribution in [-0.4, -0.2) is 80.4 Å². The summed E-state index contributed by atoms with van der Waals surface area (Å²) in [5, 5.41) is 6.93. The third-order valence-electron chi connectivity index (χ3n) is 5.77. The van der Waals surface area contributed by atoms with E-state index < -0.39 is 0 Å². The van der Waals surface area contributed by atoms with Crippen LogP contribution in [0.2, 0.25) is 0 Å². The molecule has 2 N–H and O–H groups in total. The van der Waals surface area contributed by atoms with Crippen molar-refractivity contribution in [2.24, 2.45) is 10.9 Å². The van der Waals surface area contributed by atoms with Gasteiger partial charge in [0.2, 0.25) is 0 Å². The van der Waals surface area contributed by atoms with Gasteiger partial charge in [-0.1, -0.05) is 37.3 Å². The van der Waals surface area contributed by atoms with Gasteiger partial charge in [-0.15, -0.1) is 24.0 Å². The van der Waals surface area contributed by atoms with Gasteiger partial charge in [0, 0.05) is 31.9 Å². The first-order valence-corrected chi connectivity index (χ1v) is 12.4. The Bertz CT molecular complexity index is 638. The van der Waals surface area contributed by atoms with Gasteiger partial charge in [-0.05, 0) is 30.6 Å². The van der Waals surface area contributed by atoms with Crippen molar-refractivity contribution in [2.75, 3.05) is 64.1 Å². The number of nitrogens with zero attached hydrogens (tertiary/aromatic N) is 2. The van der Waals surface area contributed by atoms with E-state index in [-0.39, 0.29) is 29.5 Å². The van der Waals surface area contributed by atoms with Crippen molar-refractivity contribution in [3.05, 3.63) is 35.9 Å². The lowest BCUT2D eigenvalue weighted by Crippen LogP contribution is -2.56. The molecule has 2 aliphatic rings. The average Bonchev–Trinajstić information content (AvgIpc) is 3.27. The summed E-state index contributed by atoms with van der Waals surface area (Å²) in [6.45, 7) is 12.0. The summed E-state index contributed by atoms with van der Waals surface area (Å²) < 4.78 is 11.5. The predicted octanol–water partition coefficient (Wildman–Crippen LogP) is 3.22. The van der Waals surface area contributed by atoms with Crippen LogP contribution >= 0.6 is 35.7 Å². The Morgan fingerprint density at radius 2 is 2.03 bits per heavy atom. The van der Waals surface area contributed by atoms with Gasteiger partial charge in [0.1, 0.15) is 0 Å². The fraction of sp³-hybridized carbons (Fsp3) is 0.696. The first kappa shape index (κ1) is 26.7. The van der Waals surface area contributed by atoms with E-state index in [1.165, 1.54) is 23.5 Å². The van der Waals surface area contributed by atoms with Crippen molar-refractivity contribution in [1.82, 2.24) is 15.5 Å². The summed E-state index contributed by atoms with van der Waals surface area (Å²) >= 11 is 2.06. The molecule has 3 rings (SSSR count). The second-order valence-corrected chi connectivity index (χ2v) is 9.41. The Balaban J connectivity index is 0.00000341. The van der Waals surface area contributed by atoms with Crippen LogP contribution in [0.25, 0.3) is 0 Å². The van der Waals surface area contributed by atoms with Crippen LogP contribution in [0, 0.1) is 5.92 Å². The molecule has 0 spiro atoms. The number of thioether (sulfide) groups is 1. The van der Waals surface area contributed by atoms with Crippen LogP contribution in [0.3, 0.4) is 0 Å². The van der Waals surface area contributed by atoms with Crippen molar-refractivity contribution in [1.29, 1.82) is 0 Å². The predicted molar refractivity (Wildman–Crippen MR) is 142 cm³/mol. The fourth-order valence-electron chi connectivity index (χ4n) is 3.96. The Hall–Kier alpha value is -0.550. The van der Waals surface area contributed by atoms with Crippen LogP contribution in [-0.2, 0) is 16.1 Å². The molecule has 2 fully saturated rings. The van der Waals surface area contributed by atoms with Crippen LogP contribution < -0.4 is 10.6 Å². The van der Waals surface area contributed by atoms with Gasteiger partial charge in [0.25, 0.3) is 0 Å². The molecule has 2 saturated heterocycles. The lowest BCUT2D eigenvalue weighted by molar-refractivity contribution is -0.0104. The number of morpholine rings is 1. The number of nitrogens with one attached hydrogen (secondary N) is 2. The Labute approximate surface area is 209 Å². The number of guanidine groups is 1. The summed E-state index contributed by atoms with van der Waals surface area (Å²) in [4.78, 5) is 7.62. The molecular weight excluding hydrogens is 523 g/mol. The van der Waals surface area contributed by atoms with Gasteiger partial charge in [-0.2, -0.15) is 11.8 Å². The molecule has 6 nitrogen and oxygen atoms in total. The summed E-state index contributed by atoms with van der Waals surface area (Å²) in [5.74, 6) is 3.72. The standard InChI is InChI=1S/C23H38N4O2S.HI/c1-3-24-22(25-15-20(2)16-29-17-21-7-5-4-6-8-21)26-18-23(9-14-30-19-23)27-10-12-28-13-11-27;/h4-8,20H,3,9-19H2,1-2H3,(H2,24,25,26);1H. The SMILES string of the molecule is CCNC(=NCC1(N2CCOCC2)CCSC1)NCC(C)COCc1ccccc1.I. The number of hydrogen-bond donors (Lipinski definition) is 2. The summed E-state index contributed by atoms with van der Waals surface area (Å²) in [6, 6.07) is 10.3. The monoisotopic (exact) mass is 562 g/mol. The van der Waals surface area contributed by atoms with Crippen molar-refractivity contribution in [3.8, 4) is 0 Å². The topological polar surface area (TPSA) is 58.1 Å². The number of hydrogen-bond acceptors (Lipinski definition) is 5. The molecule has 0 saturated carbocycles. The van der Waals surface area contributed by atoms with Gasteiger partial charge in [-0.25, -0.2) is 0 Å². The highest BCUT2D eigenvalue weighted by atomic mass is 127. The quantitative estimate of drug-likeness (QED) is 0.260. The molecule has 31 heavy (non-hydrogen) atoms. The smallest absolute Gasteiger partial charge is 0.191 e. The normalized spacial score (nSPS) is 23.2. The molecule has 0 aromatic heterocycles. The summed E-state index contributed by atoms with van der Waals surface area (Å²) in [7, 11) is 0. The zero-order valence-corrected chi connectivity index (χ0v) is 22.1. The largest absolute Gasteiger partial charge is 0.379 e. The van der Waals surface area contributed by atoms with E-state index in [2.05, 4.69) is 65.4 Å². The molecule has 0 radical (unpaired) electrons. The Morgan fingerprint density at radius 3 is 2.71 bits per heavy atom. The molecule has 0 bridgehead atoms. The molecule has 2 aliphatic heterocycles.